The number of carboxylic acids is 1. The number of carbonyl (C=O) groups excluding carboxylic acids is 2. The number of fused-ring (bicyclic) bond motifs is 2. The van der Waals surface area contributed by atoms with Gasteiger partial charge in [-0.25, -0.2) is 4.79 Å². The Kier molecular flexibility index (Phi) is 2.44. The molecule has 0 atom stereocenters. The van der Waals surface area contributed by atoms with Crippen molar-refractivity contribution in [3.8, 4) is 0 Å². The monoisotopic (exact) mass is 267 g/mol. The summed E-state index contributed by atoms with van der Waals surface area (Å²) in [6, 6.07) is 8.88. The van der Waals surface area contributed by atoms with Crippen LogP contribution in [0.3, 0.4) is 0 Å². The number of aromatic carboxylic acids is 1. The molecule has 0 bridgehead atoms. The van der Waals surface area contributed by atoms with Gasteiger partial charge >= 0.3 is 5.97 Å². The zero-order valence-electron chi connectivity index (χ0n) is 10.2. The minimum atomic E-state index is -1.23. The summed E-state index contributed by atoms with van der Waals surface area (Å²) in [7, 11) is 0. The molecule has 3 rings (SSSR count). The summed E-state index contributed by atoms with van der Waals surface area (Å²) in [4.78, 5) is 35.8. The fourth-order valence-electron chi connectivity index (χ4n) is 2.35. The summed E-state index contributed by atoms with van der Waals surface area (Å²) < 4.78 is 0. The van der Waals surface area contributed by atoms with Gasteiger partial charge in [0.2, 0.25) is 0 Å². The Morgan fingerprint density at radius 2 is 1.40 bits per heavy atom. The van der Waals surface area contributed by atoms with Crippen LogP contribution in [0, 0.1) is 0 Å². The Balaban J connectivity index is 2.31. The van der Waals surface area contributed by atoms with E-state index in [4.69, 9.17) is 10.8 Å². The van der Waals surface area contributed by atoms with E-state index in [9.17, 15) is 14.4 Å². The molecule has 0 fully saturated rings. The summed E-state index contributed by atoms with van der Waals surface area (Å²) in [6.45, 7) is 0. The fourth-order valence-corrected chi connectivity index (χ4v) is 2.35. The highest BCUT2D eigenvalue weighted by molar-refractivity contribution is 6.29. The van der Waals surface area contributed by atoms with Crippen molar-refractivity contribution in [2.75, 3.05) is 5.73 Å². The lowest BCUT2D eigenvalue weighted by Crippen LogP contribution is -2.22. The van der Waals surface area contributed by atoms with Gasteiger partial charge in [0.25, 0.3) is 0 Å². The Bertz CT molecular complexity index is 792. The molecule has 5 heteroatoms. The summed E-state index contributed by atoms with van der Waals surface area (Å²) in [5.41, 5.74) is 6.25. The SMILES string of the molecule is Nc1cc2c(cc1C(=O)O)C(=O)c1ccccc1C2=O. The molecule has 20 heavy (non-hydrogen) atoms. The molecule has 1 aliphatic rings. The third-order valence-corrected chi connectivity index (χ3v) is 3.33. The first kappa shape index (κ1) is 12.1. The largest absolute Gasteiger partial charge is 0.478 e. The predicted molar refractivity (Wildman–Crippen MR) is 71.1 cm³/mol. The summed E-state index contributed by atoms with van der Waals surface area (Å²) in [5, 5.41) is 9.04. The number of anilines is 1. The van der Waals surface area contributed by atoms with Gasteiger partial charge in [0.15, 0.2) is 11.6 Å². The lowest BCUT2D eigenvalue weighted by molar-refractivity contribution is 0.0697. The number of hydrogen-bond acceptors (Lipinski definition) is 4. The Hall–Kier alpha value is -2.95. The molecule has 0 saturated heterocycles. The van der Waals surface area contributed by atoms with Gasteiger partial charge in [0, 0.05) is 27.9 Å². The minimum Gasteiger partial charge on any atom is -0.478 e. The molecular formula is C15H9NO4. The number of nitrogen functional groups attached to an aromatic ring is 1. The van der Waals surface area contributed by atoms with Crippen LogP contribution in [0.25, 0.3) is 0 Å². The average Bonchev–Trinajstić information content (AvgIpc) is 2.44. The smallest absolute Gasteiger partial charge is 0.337 e. The topological polar surface area (TPSA) is 97.5 Å². The van der Waals surface area contributed by atoms with Crippen LogP contribution in [0.2, 0.25) is 0 Å². The van der Waals surface area contributed by atoms with Crippen molar-refractivity contribution >= 4 is 23.2 Å². The second-order valence-corrected chi connectivity index (χ2v) is 4.49. The number of ketones is 2. The van der Waals surface area contributed by atoms with E-state index in [-0.39, 0.29) is 39.5 Å². The standard InChI is InChI=1S/C15H9NO4/c16-12-6-10-9(5-11(12)15(19)20)13(17)7-3-1-2-4-8(7)14(10)18/h1-6H,16H2,(H,19,20). The van der Waals surface area contributed by atoms with Crippen molar-refractivity contribution in [2.45, 2.75) is 0 Å². The lowest BCUT2D eigenvalue weighted by atomic mass is 9.83. The van der Waals surface area contributed by atoms with E-state index >= 15 is 0 Å². The molecule has 0 heterocycles. The first-order valence-corrected chi connectivity index (χ1v) is 5.86. The third kappa shape index (κ3) is 1.53. The van der Waals surface area contributed by atoms with Gasteiger partial charge in [-0.1, -0.05) is 24.3 Å². The summed E-state index contributed by atoms with van der Waals surface area (Å²) in [5.74, 6) is -1.92. The van der Waals surface area contributed by atoms with Crippen molar-refractivity contribution in [3.63, 3.8) is 0 Å². The molecule has 0 aromatic heterocycles. The van der Waals surface area contributed by atoms with Crippen molar-refractivity contribution in [3.05, 3.63) is 64.2 Å². The van der Waals surface area contributed by atoms with Gasteiger partial charge in [-0.2, -0.15) is 0 Å². The molecule has 98 valence electrons. The maximum absolute atomic E-state index is 12.4. The maximum atomic E-state index is 12.4. The maximum Gasteiger partial charge on any atom is 0.337 e. The van der Waals surface area contributed by atoms with Crippen molar-refractivity contribution < 1.29 is 19.5 Å². The van der Waals surface area contributed by atoms with Gasteiger partial charge < -0.3 is 10.8 Å². The van der Waals surface area contributed by atoms with Gasteiger partial charge in [0.05, 0.1) is 5.56 Å². The van der Waals surface area contributed by atoms with Crippen LogP contribution >= 0.6 is 0 Å². The molecule has 5 nitrogen and oxygen atoms in total. The van der Waals surface area contributed by atoms with Gasteiger partial charge in [-0.3, -0.25) is 9.59 Å². The van der Waals surface area contributed by atoms with Crippen LogP contribution in [-0.2, 0) is 0 Å². The van der Waals surface area contributed by atoms with E-state index in [2.05, 4.69) is 0 Å². The van der Waals surface area contributed by atoms with Crippen LogP contribution in [0.4, 0.5) is 5.69 Å². The van der Waals surface area contributed by atoms with Crippen LogP contribution in [0.5, 0.6) is 0 Å². The van der Waals surface area contributed by atoms with Crippen molar-refractivity contribution in [1.29, 1.82) is 0 Å². The molecule has 3 N–H and O–H groups in total. The summed E-state index contributed by atoms with van der Waals surface area (Å²) >= 11 is 0. The fraction of sp³-hybridized carbons (Fsp3) is 0. The molecule has 0 unspecified atom stereocenters. The minimum absolute atomic E-state index is 0.0308. The van der Waals surface area contributed by atoms with E-state index < -0.39 is 5.97 Å². The molecular weight excluding hydrogens is 258 g/mol. The van der Waals surface area contributed by atoms with Crippen LogP contribution in [0.15, 0.2) is 36.4 Å². The quantitative estimate of drug-likeness (QED) is 0.654. The molecule has 2 aromatic rings. The van der Waals surface area contributed by atoms with Crippen molar-refractivity contribution in [1.82, 2.24) is 0 Å². The highest BCUT2D eigenvalue weighted by atomic mass is 16.4. The molecule has 2 aromatic carbocycles. The van der Waals surface area contributed by atoms with Gasteiger partial charge in [0.1, 0.15) is 0 Å². The first-order valence-electron chi connectivity index (χ1n) is 5.86. The van der Waals surface area contributed by atoms with Crippen LogP contribution < -0.4 is 5.73 Å². The molecule has 0 saturated carbocycles. The predicted octanol–water partition coefficient (Wildman–Crippen LogP) is 1.74. The van der Waals surface area contributed by atoms with Gasteiger partial charge in [-0.05, 0) is 12.1 Å². The van der Waals surface area contributed by atoms with Crippen LogP contribution in [-0.4, -0.2) is 22.6 Å². The number of hydrogen-bond donors (Lipinski definition) is 2. The van der Waals surface area contributed by atoms with Crippen LogP contribution in [0.1, 0.15) is 42.2 Å². The normalized spacial score (nSPS) is 12.8. The molecule has 0 radical (unpaired) electrons. The lowest BCUT2D eigenvalue weighted by Gasteiger charge is -2.18. The average molecular weight is 267 g/mol. The number of nitrogens with two attached hydrogens (primary N) is 1. The Morgan fingerprint density at radius 1 is 0.900 bits per heavy atom. The van der Waals surface area contributed by atoms with Crippen molar-refractivity contribution in [2.24, 2.45) is 0 Å². The number of benzene rings is 2. The molecule has 0 aliphatic heterocycles. The van der Waals surface area contributed by atoms with E-state index in [1.54, 1.807) is 24.3 Å². The number of carboxylic acid groups (broad SMARTS) is 1. The highest BCUT2D eigenvalue weighted by Gasteiger charge is 2.30. The second-order valence-electron chi connectivity index (χ2n) is 4.49. The first-order chi connectivity index (χ1) is 9.50. The number of rotatable bonds is 1. The summed E-state index contributed by atoms with van der Waals surface area (Å²) in [6.07, 6.45) is 0. The van der Waals surface area contributed by atoms with Gasteiger partial charge in [-0.15, -0.1) is 0 Å². The Morgan fingerprint density at radius 3 is 1.90 bits per heavy atom. The Labute approximate surface area is 113 Å². The molecule has 0 spiro atoms. The highest BCUT2D eigenvalue weighted by Crippen LogP contribution is 2.30. The van der Waals surface area contributed by atoms with E-state index in [0.717, 1.165) is 0 Å². The second kappa shape index (κ2) is 4.03. The zero-order valence-corrected chi connectivity index (χ0v) is 10.2. The third-order valence-electron chi connectivity index (χ3n) is 3.33. The zero-order chi connectivity index (χ0) is 14.4. The number of carbonyl (C=O) groups is 3. The molecule has 0 amide bonds. The van der Waals surface area contributed by atoms with E-state index in [1.807, 2.05) is 0 Å². The van der Waals surface area contributed by atoms with E-state index in [1.165, 1.54) is 12.1 Å². The van der Waals surface area contributed by atoms with E-state index in [0.29, 0.717) is 5.56 Å². The molecule has 1 aliphatic carbocycles.